The molecule has 0 saturated heterocycles. The van der Waals surface area contributed by atoms with Gasteiger partial charge in [0.05, 0.1) is 5.56 Å². The van der Waals surface area contributed by atoms with Crippen molar-refractivity contribution in [2.75, 3.05) is 0 Å². The Bertz CT molecular complexity index is 390. The molecule has 0 amide bonds. The van der Waals surface area contributed by atoms with Gasteiger partial charge in [0, 0.05) is 11.1 Å². The molecule has 0 radical (unpaired) electrons. The molecule has 0 unspecified atom stereocenters. The Balaban J connectivity index is 3.43. The van der Waals surface area contributed by atoms with Crippen LogP contribution in [0.5, 0.6) is 0 Å². The smallest absolute Gasteiger partial charge is 0.313 e. The molecule has 0 spiro atoms. The van der Waals surface area contributed by atoms with Crippen LogP contribution in [0, 0.1) is 0 Å². The summed E-state index contributed by atoms with van der Waals surface area (Å²) in [4.78, 5) is 26.1. The zero-order valence-electron chi connectivity index (χ0n) is 5.55. The zero-order valence-corrected chi connectivity index (χ0v) is 6.44. The monoisotopic (exact) mass is 170 g/mol. The summed E-state index contributed by atoms with van der Waals surface area (Å²) in [5.41, 5.74) is -0.741. The molecule has 0 bridgehead atoms. The minimum atomic E-state index is -0.534. The summed E-state index contributed by atoms with van der Waals surface area (Å²) in [6.07, 6.45) is 1.27. The van der Waals surface area contributed by atoms with E-state index >= 15 is 0 Å². The fourth-order valence-electron chi connectivity index (χ4n) is 0.624. The minimum absolute atomic E-state index is 0.271. The van der Waals surface area contributed by atoms with Crippen molar-refractivity contribution in [1.29, 1.82) is 0 Å². The molecule has 58 valence electrons. The molecule has 4 nitrogen and oxygen atoms in total. The van der Waals surface area contributed by atoms with Crippen molar-refractivity contribution in [1.82, 2.24) is 9.97 Å². The third kappa shape index (κ3) is 1.62. The molecule has 0 aliphatic heterocycles. The molecule has 0 aliphatic rings. The molecular weight excluding hydrogens is 164 g/mol. The summed E-state index contributed by atoms with van der Waals surface area (Å²) in [7, 11) is 0. The average molecular weight is 170 g/mol. The lowest BCUT2D eigenvalue weighted by Crippen LogP contribution is -2.23. The molecule has 0 aromatic carbocycles. The number of rotatable bonds is 1. The Labute approximate surface area is 67.4 Å². The van der Waals surface area contributed by atoms with Gasteiger partial charge in [0.2, 0.25) is 0 Å². The van der Waals surface area contributed by atoms with E-state index in [2.05, 4.69) is 24.2 Å². The molecule has 2 N–H and O–H groups in total. The highest BCUT2D eigenvalue weighted by atomic mass is 32.1. The quantitative estimate of drug-likeness (QED) is 0.518. The number of thiol groups is 1. The maximum Gasteiger partial charge on any atom is 0.325 e. The largest absolute Gasteiger partial charge is 0.325 e. The van der Waals surface area contributed by atoms with Gasteiger partial charge in [-0.1, -0.05) is 6.58 Å². The van der Waals surface area contributed by atoms with Gasteiger partial charge in [-0.05, 0) is 0 Å². The molecule has 0 atom stereocenters. The van der Waals surface area contributed by atoms with Gasteiger partial charge in [0.15, 0.2) is 0 Å². The first-order valence-electron chi connectivity index (χ1n) is 2.81. The van der Waals surface area contributed by atoms with E-state index in [0.717, 1.165) is 0 Å². The highest BCUT2D eigenvalue weighted by Gasteiger charge is 1.99. The van der Waals surface area contributed by atoms with Crippen LogP contribution in [0.25, 0.3) is 4.91 Å². The van der Waals surface area contributed by atoms with Gasteiger partial charge >= 0.3 is 5.69 Å². The van der Waals surface area contributed by atoms with Gasteiger partial charge in [-0.15, -0.1) is 12.6 Å². The number of hydrogen-bond donors (Lipinski definition) is 3. The third-order valence-electron chi connectivity index (χ3n) is 1.13. The predicted octanol–water partition coefficient (Wildman–Crippen LogP) is -0.0363. The number of nitrogens with one attached hydrogen (secondary N) is 2. The lowest BCUT2D eigenvalue weighted by atomic mass is 10.3. The summed E-state index contributed by atoms with van der Waals surface area (Å²) in [5.74, 6) is 0. The lowest BCUT2D eigenvalue weighted by molar-refractivity contribution is 1.03. The van der Waals surface area contributed by atoms with Gasteiger partial charge in [-0.3, -0.25) is 9.78 Å². The third-order valence-corrected chi connectivity index (χ3v) is 1.37. The van der Waals surface area contributed by atoms with Crippen molar-refractivity contribution >= 4 is 17.5 Å². The van der Waals surface area contributed by atoms with Crippen molar-refractivity contribution in [2.45, 2.75) is 0 Å². The zero-order chi connectivity index (χ0) is 8.43. The maximum absolute atomic E-state index is 10.9. The summed E-state index contributed by atoms with van der Waals surface area (Å²) in [5, 5.41) is 0. The van der Waals surface area contributed by atoms with Crippen LogP contribution in [0.4, 0.5) is 0 Å². The van der Waals surface area contributed by atoms with Crippen molar-refractivity contribution in [3.05, 3.63) is 39.2 Å². The Morgan fingerprint density at radius 2 is 2.18 bits per heavy atom. The Hall–Kier alpha value is -1.23. The molecule has 0 aliphatic carbocycles. The standard InChI is InChI=1S/C6H6N2O2S/c1-3(11)4-2-7-6(10)8-5(4)9/h2,11H,1H2,(H2,7,8,9,10). The first-order chi connectivity index (χ1) is 5.11. The van der Waals surface area contributed by atoms with Crippen LogP contribution in [-0.4, -0.2) is 9.97 Å². The van der Waals surface area contributed by atoms with E-state index in [4.69, 9.17) is 0 Å². The SMILES string of the molecule is C=C(S)c1c[nH]c(=O)[nH]c1=O. The molecule has 1 aromatic rings. The molecule has 5 heteroatoms. The normalized spacial score (nSPS) is 9.55. The Kier molecular flexibility index (Phi) is 2.00. The van der Waals surface area contributed by atoms with Gasteiger partial charge in [0.1, 0.15) is 0 Å². The fraction of sp³-hybridized carbons (Fsp3) is 0. The summed E-state index contributed by atoms with van der Waals surface area (Å²) < 4.78 is 0. The second kappa shape index (κ2) is 2.79. The molecule has 1 heterocycles. The summed E-state index contributed by atoms with van der Waals surface area (Å²) >= 11 is 3.86. The van der Waals surface area contributed by atoms with Crippen LogP contribution in [0.1, 0.15) is 5.56 Å². The van der Waals surface area contributed by atoms with Crippen LogP contribution < -0.4 is 11.2 Å². The van der Waals surface area contributed by atoms with Crippen LogP contribution in [0.2, 0.25) is 0 Å². The minimum Gasteiger partial charge on any atom is -0.313 e. The van der Waals surface area contributed by atoms with Crippen molar-refractivity contribution in [3.8, 4) is 0 Å². The Morgan fingerprint density at radius 1 is 1.55 bits per heavy atom. The molecule has 0 fully saturated rings. The number of H-pyrrole nitrogens is 2. The lowest BCUT2D eigenvalue weighted by Gasteiger charge is -1.93. The van der Waals surface area contributed by atoms with Gasteiger partial charge < -0.3 is 4.98 Å². The van der Waals surface area contributed by atoms with Crippen LogP contribution in [0.15, 0.2) is 22.4 Å². The van der Waals surface area contributed by atoms with Crippen LogP contribution >= 0.6 is 12.6 Å². The van der Waals surface area contributed by atoms with E-state index in [-0.39, 0.29) is 5.56 Å². The molecule has 0 saturated carbocycles. The second-order valence-corrected chi connectivity index (χ2v) is 2.47. The first kappa shape index (κ1) is 7.87. The maximum atomic E-state index is 10.9. The summed E-state index contributed by atoms with van der Waals surface area (Å²) in [6, 6.07) is 0. The molecular formula is C6H6N2O2S. The van der Waals surface area contributed by atoms with E-state index in [1.54, 1.807) is 0 Å². The van der Waals surface area contributed by atoms with E-state index in [1.165, 1.54) is 6.20 Å². The van der Waals surface area contributed by atoms with Crippen molar-refractivity contribution in [3.63, 3.8) is 0 Å². The van der Waals surface area contributed by atoms with Gasteiger partial charge in [-0.25, -0.2) is 4.79 Å². The number of aromatic amines is 2. The van der Waals surface area contributed by atoms with Crippen LogP contribution in [0.3, 0.4) is 0 Å². The van der Waals surface area contributed by atoms with Gasteiger partial charge in [-0.2, -0.15) is 0 Å². The average Bonchev–Trinajstić information content (AvgIpc) is 1.85. The fourth-order valence-corrected chi connectivity index (χ4v) is 0.790. The van der Waals surface area contributed by atoms with Crippen LogP contribution in [-0.2, 0) is 0 Å². The van der Waals surface area contributed by atoms with E-state index < -0.39 is 11.2 Å². The Morgan fingerprint density at radius 3 is 2.64 bits per heavy atom. The van der Waals surface area contributed by atoms with E-state index in [1.807, 2.05) is 4.98 Å². The van der Waals surface area contributed by atoms with Gasteiger partial charge in [0.25, 0.3) is 5.56 Å². The number of hydrogen-bond acceptors (Lipinski definition) is 3. The highest BCUT2D eigenvalue weighted by Crippen LogP contribution is 2.07. The molecule has 11 heavy (non-hydrogen) atoms. The first-order valence-corrected chi connectivity index (χ1v) is 3.26. The highest BCUT2D eigenvalue weighted by molar-refractivity contribution is 7.90. The van der Waals surface area contributed by atoms with Crippen molar-refractivity contribution < 1.29 is 0 Å². The summed E-state index contributed by atoms with van der Waals surface area (Å²) in [6.45, 7) is 3.44. The number of aromatic nitrogens is 2. The topological polar surface area (TPSA) is 65.7 Å². The predicted molar refractivity (Wildman–Crippen MR) is 45.7 cm³/mol. The van der Waals surface area contributed by atoms with E-state index in [9.17, 15) is 9.59 Å². The second-order valence-electron chi connectivity index (χ2n) is 1.93. The van der Waals surface area contributed by atoms with E-state index in [0.29, 0.717) is 4.91 Å². The van der Waals surface area contributed by atoms with Crippen molar-refractivity contribution in [2.24, 2.45) is 0 Å². The molecule has 1 aromatic heterocycles. The molecule has 1 rings (SSSR count).